The minimum atomic E-state index is -3.87. The lowest BCUT2D eigenvalue weighted by atomic mass is 10.2. The molecule has 0 radical (unpaired) electrons. The zero-order valence-electron chi connectivity index (χ0n) is 15.0. The van der Waals surface area contributed by atoms with Crippen LogP contribution in [-0.4, -0.2) is 6.03 Å². The van der Waals surface area contributed by atoms with Crippen molar-refractivity contribution in [2.45, 2.75) is 6.54 Å². The summed E-state index contributed by atoms with van der Waals surface area (Å²) in [5, 5.41) is 5.57. The Bertz CT molecular complexity index is 1090. The Morgan fingerprint density at radius 3 is 2.45 bits per heavy atom. The van der Waals surface area contributed by atoms with Gasteiger partial charge in [0.2, 0.25) is 0 Å². The minimum Gasteiger partial charge on any atom is -0.413 e. The third-order valence-electron chi connectivity index (χ3n) is 4.30. The summed E-state index contributed by atoms with van der Waals surface area (Å²) in [6.45, 7) is 0.223. The molecule has 0 fully saturated rings. The molecular formula is C20H16ClFN3O3P. The maximum Gasteiger partial charge on any atom is 0.450 e. The molecule has 3 aromatic rings. The van der Waals surface area contributed by atoms with E-state index >= 15 is 0 Å². The monoisotopic (exact) mass is 431 g/mol. The van der Waals surface area contributed by atoms with E-state index in [1.165, 1.54) is 28.9 Å². The third kappa shape index (κ3) is 4.21. The number of urea groups is 1. The summed E-state index contributed by atoms with van der Waals surface area (Å²) in [7, 11) is -3.87. The number of hydrogen-bond donors (Lipinski definition) is 2. The fourth-order valence-electron chi connectivity index (χ4n) is 2.92. The SMILES string of the molecule is O=C(Nc1ccc(Cl)cc1)NP1(=O)Oc2ccccc2CN1c1ccc(F)cc1. The molecular weight excluding hydrogens is 416 g/mol. The maximum absolute atomic E-state index is 13.7. The fraction of sp³-hybridized carbons (Fsp3) is 0.0500. The number of hydrogen-bond acceptors (Lipinski definition) is 3. The van der Waals surface area contributed by atoms with E-state index in [0.717, 1.165) is 5.56 Å². The summed E-state index contributed by atoms with van der Waals surface area (Å²) in [6, 6.07) is 18.4. The Kier molecular flexibility index (Phi) is 5.18. The largest absolute Gasteiger partial charge is 0.450 e. The van der Waals surface area contributed by atoms with Crippen LogP contribution in [0.25, 0.3) is 0 Å². The number of anilines is 2. The Balaban J connectivity index is 1.63. The highest BCUT2D eigenvalue weighted by Gasteiger charge is 2.40. The molecule has 1 aliphatic heterocycles. The predicted octanol–water partition coefficient (Wildman–Crippen LogP) is 5.81. The van der Waals surface area contributed by atoms with Crippen LogP contribution in [0.3, 0.4) is 0 Å². The highest BCUT2D eigenvalue weighted by molar-refractivity contribution is 7.59. The summed E-state index contributed by atoms with van der Waals surface area (Å²) in [6.07, 6.45) is 0. The molecule has 9 heteroatoms. The molecule has 0 saturated heterocycles. The van der Waals surface area contributed by atoms with Crippen molar-refractivity contribution >= 4 is 36.7 Å². The second-order valence-corrected chi connectivity index (χ2v) is 8.69. The smallest absolute Gasteiger partial charge is 0.413 e. The first-order valence-corrected chi connectivity index (χ1v) is 10.6. The van der Waals surface area contributed by atoms with Crippen LogP contribution in [0, 0.1) is 5.82 Å². The molecule has 1 atom stereocenters. The summed E-state index contributed by atoms with van der Waals surface area (Å²) >= 11 is 5.85. The highest BCUT2D eigenvalue weighted by Crippen LogP contribution is 2.54. The number of rotatable bonds is 3. The van der Waals surface area contributed by atoms with Gasteiger partial charge in [0.1, 0.15) is 11.6 Å². The first kappa shape index (κ1) is 19.3. The molecule has 0 spiro atoms. The zero-order chi connectivity index (χ0) is 20.4. The number of fused-ring (bicyclic) bond motifs is 1. The van der Waals surface area contributed by atoms with E-state index in [9.17, 15) is 13.8 Å². The molecule has 4 rings (SSSR count). The van der Waals surface area contributed by atoms with Crippen LogP contribution in [0.1, 0.15) is 5.56 Å². The zero-order valence-corrected chi connectivity index (χ0v) is 16.7. The second-order valence-electron chi connectivity index (χ2n) is 6.33. The van der Waals surface area contributed by atoms with Crippen LogP contribution in [0.4, 0.5) is 20.6 Å². The lowest BCUT2D eigenvalue weighted by Gasteiger charge is -2.37. The van der Waals surface area contributed by atoms with Crippen molar-refractivity contribution in [3.63, 3.8) is 0 Å². The van der Waals surface area contributed by atoms with E-state index in [0.29, 0.717) is 22.1 Å². The second kappa shape index (κ2) is 7.78. The van der Waals surface area contributed by atoms with Gasteiger partial charge in [-0.05, 0) is 54.6 Å². The van der Waals surface area contributed by atoms with Gasteiger partial charge in [-0.25, -0.2) is 18.8 Å². The van der Waals surface area contributed by atoms with E-state index in [1.807, 2.05) is 12.1 Å². The van der Waals surface area contributed by atoms with Crippen molar-refractivity contribution in [3.8, 4) is 5.75 Å². The van der Waals surface area contributed by atoms with Crippen LogP contribution < -0.4 is 19.6 Å². The number of para-hydroxylation sites is 1. The molecule has 1 unspecified atom stereocenters. The van der Waals surface area contributed by atoms with Gasteiger partial charge in [-0.2, -0.15) is 0 Å². The summed E-state index contributed by atoms with van der Waals surface area (Å²) < 4.78 is 34.2. The van der Waals surface area contributed by atoms with E-state index in [2.05, 4.69) is 10.4 Å². The summed E-state index contributed by atoms with van der Waals surface area (Å²) in [4.78, 5) is 12.5. The Morgan fingerprint density at radius 2 is 1.72 bits per heavy atom. The first-order chi connectivity index (χ1) is 13.9. The van der Waals surface area contributed by atoms with Crippen molar-refractivity contribution in [1.82, 2.24) is 5.09 Å². The van der Waals surface area contributed by atoms with Crippen molar-refractivity contribution < 1.29 is 18.3 Å². The minimum absolute atomic E-state index is 0.223. The van der Waals surface area contributed by atoms with Crippen molar-refractivity contribution in [2.24, 2.45) is 0 Å². The molecule has 1 aliphatic rings. The lowest BCUT2D eigenvalue weighted by molar-refractivity contribution is 0.255. The van der Waals surface area contributed by atoms with Crippen LogP contribution in [0.5, 0.6) is 5.75 Å². The number of carbonyl (C=O) groups is 1. The number of nitrogens with one attached hydrogen (secondary N) is 2. The molecule has 1 heterocycles. The van der Waals surface area contributed by atoms with Gasteiger partial charge in [-0.1, -0.05) is 29.8 Å². The third-order valence-corrected chi connectivity index (χ3v) is 6.49. The number of nitrogens with zero attached hydrogens (tertiary/aromatic N) is 1. The Hall–Kier alpha value is -3.02. The van der Waals surface area contributed by atoms with Gasteiger partial charge in [0, 0.05) is 22.0 Å². The molecule has 6 nitrogen and oxygen atoms in total. The van der Waals surface area contributed by atoms with Crippen LogP contribution >= 0.6 is 19.3 Å². The molecule has 2 N–H and O–H groups in total. The molecule has 0 saturated carbocycles. The summed E-state index contributed by atoms with van der Waals surface area (Å²) in [5.41, 5.74) is 1.73. The molecule has 0 bridgehead atoms. The highest BCUT2D eigenvalue weighted by atomic mass is 35.5. The number of benzene rings is 3. The van der Waals surface area contributed by atoms with Crippen LogP contribution in [-0.2, 0) is 11.1 Å². The van der Waals surface area contributed by atoms with Crippen LogP contribution in [0.2, 0.25) is 5.02 Å². The van der Waals surface area contributed by atoms with Gasteiger partial charge in [-0.3, -0.25) is 4.67 Å². The topological polar surface area (TPSA) is 70.7 Å². The Labute approximate surface area is 171 Å². The molecule has 148 valence electrons. The van der Waals surface area contributed by atoms with Gasteiger partial charge in [0.15, 0.2) is 0 Å². The average Bonchev–Trinajstić information content (AvgIpc) is 2.69. The standard InChI is InChI=1S/C20H16ClFN3O3P/c21-15-5-9-17(10-6-15)23-20(26)24-29(27)25(18-11-7-16(22)8-12-18)13-14-3-1-2-4-19(14)28-29/h1-12H,13H2,(H2,23,24,26,27). The fourth-order valence-corrected chi connectivity index (χ4v) is 4.84. The van der Waals surface area contributed by atoms with E-state index < -0.39 is 19.5 Å². The first-order valence-electron chi connectivity index (χ1n) is 8.69. The van der Waals surface area contributed by atoms with Gasteiger partial charge < -0.3 is 9.84 Å². The van der Waals surface area contributed by atoms with Crippen molar-refractivity contribution in [3.05, 3.63) is 89.2 Å². The Morgan fingerprint density at radius 1 is 1.03 bits per heavy atom. The summed E-state index contributed by atoms with van der Waals surface area (Å²) in [5.74, 6) is -0.00339. The van der Waals surface area contributed by atoms with Gasteiger partial charge >= 0.3 is 13.7 Å². The maximum atomic E-state index is 13.7. The van der Waals surface area contributed by atoms with E-state index in [-0.39, 0.29) is 6.54 Å². The predicted molar refractivity (Wildman–Crippen MR) is 111 cm³/mol. The molecule has 2 amide bonds. The lowest BCUT2D eigenvalue weighted by Crippen LogP contribution is -2.38. The van der Waals surface area contributed by atoms with Gasteiger partial charge in [-0.15, -0.1) is 0 Å². The van der Waals surface area contributed by atoms with E-state index in [1.54, 1.807) is 36.4 Å². The quantitative estimate of drug-likeness (QED) is 0.513. The number of amides is 2. The molecule has 0 aromatic heterocycles. The molecule has 0 aliphatic carbocycles. The van der Waals surface area contributed by atoms with Crippen molar-refractivity contribution in [2.75, 3.05) is 9.99 Å². The van der Waals surface area contributed by atoms with Gasteiger partial charge in [0.25, 0.3) is 0 Å². The molecule has 29 heavy (non-hydrogen) atoms. The number of halogens is 2. The normalized spacial score (nSPS) is 17.8. The average molecular weight is 432 g/mol. The number of carbonyl (C=O) groups excluding carboxylic acids is 1. The van der Waals surface area contributed by atoms with Crippen LogP contribution in [0.15, 0.2) is 72.8 Å². The van der Waals surface area contributed by atoms with Gasteiger partial charge in [0.05, 0.1) is 6.54 Å². The molecule has 3 aromatic carbocycles. The van der Waals surface area contributed by atoms with Crippen molar-refractivity contribution in [1.29, 1.82) is 0 Å². The van der Waals surface area contributed by atoms with E-state index in [4.69, 9.17) is 16.1 Å².